The molecule has 0 bridgehead atoms. The number of anilines is 1. The number of carbonyl (C=O) groups excluding carboxylic acids is 1. The van der Waals surface area contributed by atoms with Crippen molar-refractivity contribution in [2.24, 2.45) is 0 Å². The summed E-state index contributed by atoms with van der Waals surface area (Å²) in [6.07, 6.45) is 2.90. The first-order valence-corrected chi connectivity index (χ1v) is 9.22. The van der Waals surface area contributed by atoms with Crippen LogP contribution in [0.4, 0.5) is 5.69 Å². The molecule has 0 saturated carbocycles. The van der Waals surface area contributed by atoms with Crippen molar-refractivity contribution in [2.75, 3.05) is 16.5 Å². The van der Waals surface area contributed by atoms with E-state index in [2.05, 4.69) is 17.1 Å². The van der Waals surface area contributed by atoms with Gasteiger partial charge in [0, 0.05) is 18.2 Å². The third-order valence-electron chi connectivity index (χ3n) is 3.63. The van der Waals surface area contributed by atoms with E-state index in [1.165, 1.54) is 16.4 Å². The number of unbranched alkanes of at least 4 members (excludes halogenated alkanes) is 1. The van der Waals surface area contributed by atoms with Gasteiger partial charge < -0.3 is 10.7 Å². The first-order valence-electron chi connectivity index (χ1n) is 8.23. The molecule has 0 aliphatic rings. The van der Waals surface area contributed by atoms with Crippen LogP contribution in [0.15, 0.2) is 35.5 Å². The number of nitrogen functional groups attached to an aromatic ring is 1. The third-order valence-corrected chi connectivity index (χ3v) is 4.56. The molecule has 1 aromatic carbocycles. The summed E-state index contributed by atoms with van der Waals surface area (Å²) in [4.78, 5) is 14.4. The summed E-state index contributed by atoms with van der Waals surface area (Å²) in [6.45, 7) is 6.13. The highest BCUT2D eigenvalue weighted by molar-refractivity contribution is 7.99. The Morgan fingerprint density at radius 2 is 2.00 bits per heavy atom. The first-order chi connectivity index (χ1) is 11.5. The molecule has 2 rings (SSSR count). The van der Waals surface area contributed by atoms with Crippen molar-refractivity contribution in [3.8, 4) is 0 Å². The van der Waals surface area contributed by atoms with Gasteiger partial charge in [-0.15, -0.1) is 10.2 Å². The van der Waals surface area contributed by atoms with Crippen molar-refractivity contribution < 1.29 is 4.79 Å². The maximum atomic E-state index is 12.7. The molecule has 0 atom stereocenters. The Kier molecular flexibility index (Phi) is 6.66. The largest absolute Gasteiger partial charge is 0.336 e. The number of aromatic nitrogens is 3. The van der Waals surface area contributed by atoms with E-state index in [0.717, 1.165) is 30.8 Å². The second-order valence-electron chi connectivity index (χ2n) is 5.85. The van der Waals surface area contributed by atoms with Gasteiger partial charge in [-0.2, -0.15) is 0 Å². The zero-order valence-electron chi connectivity index (χ0n) is 14.5. The topological polar surface area (TPSA) is 77.0 Å². The summed E-state index contributed by atoms with van der Waals surface area (Å²) in [6, 6.07) is 9.77. The summed E-state index contributed by atoms with van der Waals surface area (Å²) >= 11 is 1.32. The predicted octanol–water partition coefficient (Wildman–Crippen LogP) is 2.87. The second kappa shape index (κ2) is 8.73. The Morgan fingerprint density at radius 3 is 2.62 bits per heavy atom. The van der Waals surface area contributed by atoms with Crippen LogP contribution in [0.3, 0.4) is 0 Å². The molecule has 24 heavy (non-hydrogen) atoms. The van der Waals surface area contributed by atoms with Crippen molar-refractivity contribution in [1.82, 2.24) is 14.9 Å². The lowest BCUT2D eigenvalue weighted by atomic mass is 10.2. The predicted molar refractivity (Wildman–Crippen MR) is 98.6 cm³/mol. The fourth-order valence-electron chi connectivity index (χ4n) is 2.43. The van der Waals surface area contributed by atoms with Crippen LogP contribution < -0.4 is 10.7 Å². The number of hydrogen-bond donors (Lipinski definition) is 1. The number of para-hydroxylation sites is 1. The normalized spacial score (nSPS) is 11.0. The van der Waals surface area contributed by atoms with Crippen LogP contribution in [-0.2, 0) is 11.2 Å². The summed E-state index contributed by atoms with van der Waals surface area (Å²) in [5, 5.41) is 8.78. The van der Waals surface area contributed by atoms with Gasteiger partial charge in [0.05, 0.1) is 5.75 Å². The quantitative estimate of drug-likeness (QED) is 0.587. The summed E-state index contributed by atoms with van der Waals surface area (Å²) in [5.74, 6) is 7.08. The van der Waals surface area contributed by atoms with E-state index in [1.807, 2.05) is 44.2 Å². The number of nitrogens with zero attached hydrogens (tertiary/aromatic N) is 4. The molecule has 0 saturated heterocycles. The number of aryl methyl sites for hydroxylation is 1. The molecule has 2 aromatic rings. The van der Waals surface area contributed by atoms with Crippen molar-refractivity contribution in [2.45, 2.75) is 51.2 Å². The fraction of sp³-hybridized carbons (Fsp3) is 0.471. The Labute approximate surface area is 147 Å². The van der Waals surface area contributed by atoms with Gasteiger partial charge in [0.15, 0.2) is 5.82 Å². The molecule has 7 heteroatoms. The number of carbonyl (C=O) groups is 1. The van der Waals surface area contributed by atoms with Crippen LogP contribution in [0.1, 0.15) is 39.4 Å². The molecule has 1 aromatic heterocycles. The number of amides is 1. The van der Waals surface area contributed by atoms with Crippen molar-refractivity contribution in [1.29, 1.82) is 0 Å². The van der Waals surface area contributed by atoms with E-state index in [9.17, 15) is 4.79 Å². The number of thioether (sulfide) groups is 1. The molecule has 0 radical (unpaired) electrons. The van der Waals surface area contributed by atoms with Gasteiger partial charge >= 0.3 is 0 Å². The maximum Gasteiger partial charge on any atom is 0.237 e. The zero-order valence-corrected chi connectivity index (χ0v) is 15.3. The Morgan fingerprint density at radius 1 is 1.29 bits per heavy atom. The number of rotatable bonds is 8. The standard InChI is InChI=1S/C17H25N5OS/c1-4-5-11-15-19-20-17(22(15)18)24-12-16(23)21(13(2)3)14-9-7-6-8-10-14/h6-10,13H,4-5,11-12,18H2,1-3H3. The lowest BCUT2D eigenvalue weighted by molar-refractivity contribution is -0.116. The van der Waals surface area contributed by atoms with Gasteiger partial charge in [0.2, 0.25) is 11.1 Å². The second-order valence-corrected chi connectivity index (χ2v) is 6.80. The Balaban J connectivity index is 2.02. The van der Waals surface area contributed by atoms with Gasteiger partial charge in [-0.1, -0.05) is 43.3 Å². The van der Waals surface area contributed by atoms with Crippen LogP contribution in [0.5, 0.6) is 0 Å². The zero-order chi connectivity index (χ0) is 17.5. The summed E-state index contributed by atoms with van der Waals surface area (Å²) in [5.41, 5.74) is 0.899. The minimum absolute atomic E-state index is 0.0271. The summed E-state index contributed by atoms with van der Waals surface area (Å²) < 4.78 is 1.50. The average molecular weight is 347 g/mol. The monoisotopic (exact) mass is 347 g/mol. The van der Waals surface area contributed by atoms with Gasteiger partial charge in [0.25, 0.3) is 0 Å². The number of nitrogens with two attached hydrogens (primary N) is 1. The van der Waals surface area contributed by atoms with Crippen LogP contribution >= 0.6 is 11.8 Å². The molecule has 1 heterocycles. The Bertz CT molecular complexity index is 656. The van der Waals surface area contributed by atoms with E-state index in [0.29, 0.717) is 5.16 Å². The number of hydrogen-bond acceptors (Lipinski definition) is 5. The van der Waals surface area contributed by atoms with E-state index in [1.54, 1.807) is 4.90 Å². The minimum Gasteiger partial charge on any atom is -0.336 e. The fourth-order valence-corrected chi connectivity index (χ4v) is 3.16. The van der Waals surface area contributed by atoms with Crippen molar-refractivity contribution in [3.63, 3.8) is 0 Å². The van der Waals surface area contributed by atoms with Gasteiger partial charge in [-0.3, -0.25) is 4.79 Å². The smallest absolute Gasteiger partial charge is 0.237 e. The molecular weight excluding hydrogens is 322 g/mol. The molecule has 0 spiro atoms. The van der Waals surface area contributed by atoms with Gasteiger partial charge in [-0.25, -0.2) is 4.68 Å². The van der Waals surface area contributed by atoms with Crippen LogP contribution in [0.25, 0.3) is 0 Å². The molecule has 1 amide bonds. The SMILES string of the molecule is CCCCc1nnc(SCC(=O)N(c2ccccc2)C(C)C)n1N. The maximum absolute atomic E-state index is 12.7. The highest BCUT2D eigenvalue weighted by Gasteiger charge is 2.20. The van der Waals surface area contributed by atoms with Crippen molar-refractivity contribution >= 4 is 23.4 Å². The highest BCUT2D eigenvalue weighted by Crippen LogP contribution is 2.21. The minimum atomic E-state index is 0.0271. The van der Waals surface area contributed by atoms with E-state index in [4.69, 9.17) is 5.84 Å². The molecular formula is C17H25N5OS. The van der Waals surface area contributed by atoms with E-state index in [-0.39, 0.29) is 17.7 Å². The lowest BCUT2D eigenvalue weighted by Crippen LogP contribution is -2.38. The van der Waals surface area contributed by atoms with Gasteiger partial charge in [-0.05, 0) is 32.4 Å². The van der Waals surface area contributed by atoms with Crippen LogP contribution in [0.2, 0.25) is 0 Å². The van der Waals surface area contributed by atoms with Gasteiger partial charge in [0.1, 0.15) is 0 Å². The van der Waals surface area contributed by atoms with E-state index < -0.39 is 0 Å². The lowest BCUT2D eigenvalue weighted by Gasteiger charge is -2.26. The molecule has 2 N–H and O–H groups in total. The number of benzene rings is 1. The third kappa shape index (κ3) is 4.50. The van der Waals surface area contributed by atoms with Crippen LogP contribution in [-0.4, -0.2) is 32.6 Å². The van der Waals surface area contributed by atoms with E-state index >= 15 is 0 Å². The van der Waals surface area contributed by atoms with Crippen molar-refractivity contribution in [3.05, 3.63) is 36.2 Å². The average Bonchev–Trinajstić information content (AvgIpc) is 2.92. The molecule has 6 nitrogen and oxygen atoms in total. The van der Waals surface area contributed by atoms with Crippen LogP contribution in [0, 0.1) is 0 Å². The molecule has 0 aliphatic carbocycles. The molecule has 0 unspecified atom stereocenters. The molecule has 0 fully saturated rings. The highest BCUT2D eigenvalue weighted by atomic mass is 32.2. The first kappa shape index (κ1) is 18.3. The molecule has 0 aliphatic heterocycles. The summed E-state index contributed by atoms with van der Waals surface area (Å²) in [7, 11) is 0. The molecule has 130 valence electrons. The Hall–Kier alpha value is -2.02.